The van der Waals surface area contributed by atoms with E-state index in [1.54, 1.807) is 0 Å². The molecule has 1 aliphatic heterocycles. The van der Waals surface area contributed by atoms with E-state index in [9.17, 15) is 4.79 Å². The first kappa shape index (κ1) is 17.6. The summed E-state index contributed by atoms with van der Waals surface area (Å²) in [5.41, 5.74) is 0.782. The molecule has 3 rings (SSSR count). The summed E-state index contributed by atoms with van der Waals surface area (Å²) in [6, 6.07) is 9.39. The zero-order valence-electron chi connectivity index (χ0n) is 13.7. The first-order valence-electron chi connectivity index (χ1n) is 8.15. The number of amides is 1. The van der Waals surface area contributed by atoms with Gasteiger partial charge in [-0.25, -0.2) is 9.97 Å². The molecule has 0 saturated carbocycles. The van der Waals surface area contributed by atoms with Gasteiger partial charge in [0.25, 0.3) is 0 Å². The molecule has 132 valence electrons. The number of nitrogens with one attached hydrogen (secondary N) is 2. The molecule has 1 aromatic carbocycles. The minimum atomic E-state index is -0.0442. The topological polar surface area (TPSA) is 79.4 Å². The molecule has 1 amide bonds. The second-order valence-corrected chi connectivity index (χ2v) is 6.51. The molecule has 0 unspecified atom stereocenters. The first-order valence-corrected chi connectivity index (χ1v) is 8.94. The van der Waals surface area contributed by atoms with Crippen molar-refractivity contribution in [1.82, 2.24) is 9.97 Å². The van der Waals surface area contributed by atoms with E-state index in [4.69, 9.17) is 4.74 Å². The summed E-state index contributed by atoms with van der Waals surface area (Å²) in [6.45, 7) is 3.58. The number of benzene rings is 1. The van der Waals surface area contributed by atoms with Crippen molar-refractivity contribution in [3.8, 4) is 0 Å². The van der Waals surface area contributed by atoms with Crippen molar-refractivity contribution in [2.75, 3.05) is 48.4 Å². The summed E-state index contributed by atoms with van der Waals surface area (Å²) in [5, 5.41) is 6.04. The third-order valence-corrected chi connectivity index (χ3v) is 4.30. The lowest BCUT2D eigenvalue weighted by Crippen LogP contribution is -2.36. The molecule has 0 spiro atoms. The monoisotopic (exact) mass is 405 g/mol. The zero-order chi connectivity index (χ0) is 17.5. The molecule has 1 saturated heterocycles. The number of halogens is 1. The quantitative estimate of drug-likeness (QED) is 0.768. The van der Waals surface area contributed by atoms with E-state index >= 15 is 0 Å². The van der Waals surface area contributed by atoms with Crippen LogP contribution in [-0.2, 0) is 9.53 Å². The van der Waals surface area contributed by atoms with Crippen LogP contribution in [0.3, 0.4) is 0 Å². The maximum atomic E-state index is 12.0. The van der Waals surface area contributed by atoms with Gasteiger partial charge < -0.3 is 20.3 Å². The van der Waals surface area contributed by atoms with E-state index in [2.05, 4.69) is 41.4 Å². The van der Waals surface area contributed by atoms with E-state index in [1.165, 1.54) is 6.33 Å². The molecule has 2 aromatic rings. The third kappa shape index (κ3) is 5.40. The summed E-state index contributed by atoms with van der Waals surface area (Å²) >= 11 is 3.37. The van der Waals surface area contributed by atoms with E-state index in [1.807, 2.05) is 30.3 Å². The van der Waals surface area contributed by atoms with Gasteiger partial charge in [0.2, 0.25) is 5.91 Å². The van der Waals surface area contributed by atoms with Crippen LogP contribution in [0.15, 0.2) is 41.1 Å². The molecule has 7 nitrogen and oxygen atoms in total. The Kier molecular flexibility index (Phi) is 6.19. The molecular formula is C17H20BrN5O2. The Labute approximate surface area is 154 Å². The van der Waals surface area contributed by atoms with Gasteiger partial charge in [0.05, 0.1) is 13.2 Å². The maximum absolute atomic E-state index is 12.0. The van der Waals surface area contributed by atoms with Crippen LogP contribution in [0.25, 0.3) is 0 Å². The van der Waals surface area contributed by atoms with Crippen LogP contribution in [-0.4, -0.2) is 48.7 Å². The lowest BCUT2D eigenvalue weighted by Gasteiger charge is -2.27. The van der Waals surface area contributed by atoms with Crippen molar-refractivity contribution in [3.05, 3.63) is 41.1 Å². The average Bonchev–Trinajstić information content (AvgIpc) is 2.65. The van der Waals surface area contributed by atoms with E-state index in [-0.39, 0.29) is 5.91 Å². The Bertz CT molecular complexity index is 704. The number of carbonyl (C=O) groups is 1. The van der Waals surface area contributed by atoms with Crippen LogP contribution < -0.4 is 15.5 Å². The fraction of sp³-hybridized carbons (Fsp3) is 0.353. The second-order valence-electron chi connectivity index (χ2n) is 5.59. The largest absolute Gasteiger partial charge is 0.378 e. The number of aromatic nitrogens is 2. The summed E-state index contributed by atoms with van der Waals surface area (Å²) in [4.78, 5) is 22.7. The minimum absolute atomic E-state index is 0.0442. The van der Waals surface area contributed by atoms with Gasteiger partial charge in [-0.05, 0) is 24.3 Å². The summed E-state index contributed by atoms with van der Waals surface area (Å²) in [7, 11) is 0. The van der Waals surface area contributed by atoms with Gasteiger partial charge in [-0.1, -0.05) is 15.9 Å². The second kappa shape index (κ2) is 8.77. The van der Waals surface area contributed by atoms with E-state index in [0.29, 0.717) is 32.0 Å². The Morgan fingerprint density at radius 2 is 1.96 bits per heavy atom. The maximum Gasteiger partial charge on any atom is 0.226 e. The van der Waals surface area contributed by atoms with Crippen molar-refractivity contribution < 1.29 is 9.53 Å². The number of anilines is 3. The summed E-state index contributed by atoms with van der Waals surface area (Å²) < 4.78 is 6.33. The molecule has 8 heteroatoms. The van der Waals surface area contributed by atoms with E-state index in [0.717, 1.165) is 29.1 Å². The third-order valence-electron chi connectivity index (χ3n) is 3.77. The molecule has 0 aliphatic carbocycles. The zero-order valence-corrected chi connectivity index (χ0v) is 15.3. The highest BCUT2D eigenvalue weighted by Gasteiger charge is 2.13. The Morgan fingerprint density at radius 1 is 1.20 bits per heavy atom. The van der Waals surface area contributed by atoms with Crippen molar-refractivity contribution in [3.63, 3.8) is 0 Å². The Morgan fingerprint density at radius 3 is 2.72 bits per heavy atom. The van der Waals surface area contributed by atoms with Gasteiger partial charge in [0.15, 0.2) is 0 Å². The van der Waals surface area contributed by atoms with Crippen molar-refractivity contribution >= 4 is 39.2 Å². The van der Waals surface area contributed by atoms with Gasteiger partial charge in [-0.15, -0.1) is 0 Å². The van der Waals surface area contributed by atoms with Gasteiger partial charge >= 0.3 is 0 Å². The molecule has 2 heterocycles. The number of hydrogen-bond donors (Lipinski definition) is 2. The van der Waals surface area contributed by atoms with Crippen molar-refractivity contribution in [2.45, 2.75) is 6.42 Å². The number of nitrogens with zero attached hydrogens (tertiary/aromatic N) is 3. The van der Waals surface area contributed by atoms with E-state index < -0.39 is 0 Å². The highest BCUT2D eigenvalue weighted by Crippen LogP contribution is 2.16. The van der Waals surface area contributed by atoms with Gasteiger partial charge in [0, 0.05) is 42.3 Å². The highest BCUT2D eigenvalue weighted by atomic mass is 79.9. The molecule has 1 aromatic heterocycles. The predicted octanol–water partition coefficient (Wildman–Crippen LogP) is 2.52. The molecule has 0 radical (unpaired) electrons. The van der Waals surface area contributed by atoms with Crippen molar-refractivity contribution in [2.24, 2.45) is 0 Å². The van der Waals surface area contributed by atoms with Crippen LogP contribution in [0.1, 0.15) is 6.42 Å². The number of carbonyl (C=O) groups excluding carboxylic acids is 1. The van der Waals surface area contributed by atoms with Crippen LogP contribution in [0.4, 0.5) is 17.3 Å². The van der Waals surface area contributed by atoms with Crippen molar-refractivity contribution in [1.29, 1.82) is 0 Å². The standard InChI is InChI=1S/C17H20BrN5O2/c18-13-1-3-14(4-2-13)22-17(24)5-6-19-15-11-16(21-12-20-15)23-7-9-25-10-8-23/h1-4,11-12H,5-10H2,(H,22,24)(H,19,20,21). The first-order chi connectivity index (χ1) is 12.2. The predicted molar refractivity (Wildman–Crippen MR) is 101 cm³/mol. The smallest absolute Gasteiger partial charge is 0.226 e. The number of ether oxygens (including phenoxy) is 1. The van der Waals surface area contributed by atoms with Crippen LogP contribution in [0.2, 0.25) is 0 Å². The Hall–Kier alpha value is -2.19. The lowest BCUT2D eigenvalue weighted by molar-refractivity contribution is -0.115. The molecule has 0 atom stereocenters. The normalized spacial score (nSPS) is 14.2. The summed E-state index contributed by atoms with van der Waals surface area (Å²) in [5.74, 6) is 1.55. The molecule has 25 heavy (non-hydrogen) atoms. The van der Waals surface area contributed by atoms with Gasteiger partial charge in [0.1, 0.15) is 18.0 Å². The van der Waals surface area contributed by atoms with Gasteiger partial charge in [-0.2, -0.15) is 0 Å². The van der Waals surface area contributed by atoms with Crippen LogP contribution >= 0.6 is 15.9 Å². The van der Waals surface area contributed by atoms with Gasteiger partial charge in [-0.3, -0.25) is 4.79 Å². The molecule has 2 N–H and O–H groups in total. The number of rotatable bonds is 6. The lowest BCUT2D eigenvalue weighted by atomic mass is 10.3. The molecule has 1 aliphatic rings. The minimum Gasteiger partial charge on any atom is -0.378 e. The summed E-state index contributed by atoms with van der Waals surface area (Å²) in [6.07, 6.45) is 1.89. The Balaban J connectivity index is 1.46. The SMILES string of the molecule is O=C(CCNc1cc(N2CCOCC2)ncn1)Nc1ccc(Br)cc1. The fourth-order valence-corrected chi connectivity index (χ4v) is 2.73. The van der Waals surface area contributed by atoms with Crippen LogP contribution in [0, 0.1) is 0 Å². The fourth-order valence-electron chi connectivity index (χ4n) is 2.47. The molecule has 1 fully saturated rings. The highest BCUT2D eigenvalue weighted by molar-refractivity contribution is 9.10. The van der Waals surface area contributed by atoms with Crippen LogP contribution in [0.5, 0.6) is 0 Å². The number of morpholine rings is 1. The molecule has 0 bridgehead atoms. The average molecular weight is 406 g/mol. The number of hydrogen-bond acceptors (Lipinski definition) is 6. The molecular weight excluding hydrogens is 386 g/mol.